The van der Waals surface area contributed by atoms with Crippen LogP contribution >= 0.6 is 0 Å². The summed E-state index contributed by atoms with van der Waals surface area (Å²) in [5, 5.41) is 28.1. The average molecular weight is 727 g/mol. The summed E-state index contributed by atoms with van der Waals surface area (Å²) < 4.78 is 0. The predicted octanol–water partition coefficient (Wildman–Crippen LogP) is 12.9. The minimum Gasteiger partial charge on any atom is -0.507 e. The van der Waals surface area contributed by atoms with Crippen molar-refractivity contribution < 1.29 is 10.2 Å². The van der Waals surface area contributed by atoms with Crippen molar-refractivity contribution in [2.75, 3.05) is 0 Å². The quantitative estimate of drug-likeness (QED) is 0.153. The molecule has 0 aliphatic heterocycles. The number of rotatable bonds is 8. The third kappa shape index (κ3) is 6.75. The van der Waals surface area contributed by atoms with E-state index in [1.54, 1.807) is 0 Å². The molecule has 0 amide bonds. The van der Waals surface area contributed by atoms with Crippen molar-refractivity contribution >= 4 is 34.0 Å². The van der Waals surface area contributed by atoms with E-state index in [0.717, 1.165) is 91.7 Å². The Morgan fingerprint density at radius 1 is 0.411 bits per heavy atom. The number of nitrogens with zero attached hydrogens (tertiary/aromatic N) is 2. The number of phenolic OH excluding ortho intramolecular Hbond substituents is 2. The molecule has 2 N–H and O–H groups in total. The molecule has 1 fully saturated rings. The molecule has 8 aromatic rings. The molecule has 0 heterocycles. The molecule has 9 rings (SSSR count). The SMILES string of the molecule is Oc1c(C=N[C@@H]2CCCC[C@H]2N=Cc2cc3ccccc3c(-c3ccccc3-c3ccccc3)c2O)cc2ccccc2c1-c1ccccc1-c1ccccc1. The standard InChI is InChI=1S/C52H42N2O2/c55-51-39(31-37-21-7-9-25-43(37)49(51)45-27-13-11-23-41(45)35-17-3-1-4-18-35)33-53-47-29-15-16-30-48(47)54-34-40-32-38-22-8-10-26-44(38)50(52(40)56)46-28-14-12-24-42(46)36-19-5-2-6-20-36/h1-14,17-28,31-34,47-48,55-56H,15-16,29-30H2/t47-,48-/m1/s1. The number of hydrogen-bond donors (Lipinski definition) is 2. The highest BCUT2D eigenvalue weighted by Crippen LogP contribution is 2.45. The largest absolute Gasteiger partial charge is 0.507 e. The van der Waals surface area contributed by atoms with E-state index in [1.165, 1.54) is 0 Å². The second kappa shape index (κ2) is 15.5. The Balaban J connectivity index is 1.08. The number of fused-ring (bicyclic) bond motifs is 2. The molecular formula is C52H42N2O2. The first-order chi connectivity index (χ1) is 27.6. The topological polar surface area (TPSA) is 65.2 Å². The van der Waals surface area contributed by atoms with Gasteiger partial charge >= 0.3 is 0 Å². The molecule has 0 radical (unpaired) electrons. The van der Waals surface area contributed by atoms with E-state index in [1.807, 2.05) is 109 Å². The molecule has 0 bridgehead atoms. The van der Waals surface area contributed by atoms with Crippen LogP contribution in [0.25, 0.3) is 66.1 Å². The Kier molecular flexibility index (Phi) is 9.69. The molecule has 0 aromatic heterocycles. The highest BCUT2D eigenvalue weighted by molar-refractivity contribution is 6.09. The summed E-state index contributed by atoms with van der Waals surface area (Å²) in [6.45, 7) is 0. The van der Waals surface area contributed by atoms with E-state index in [4.69, 9.17) is 9.98 Å². The van der Waals surface area contributed by atoms with Crippen LogP contribution in [-0.2, 0) is 0 Å². The van der Waals surface area contributed by atoms with Crippen LogP contribution < -0.4 is 0 Å². The number of phenols is 2. The van der Waals surface area contributed by atoms with Gasteiger partial charge in [0.2, 0.25) is 0 Å². The zero-order chi connectivity index (χ0) is 37.8. The molecule has 0 saturated heterocycles. The number of aliphatic imine (C=N–C) groups is 2. The summed E-state index contributed by atoms with van der Waals surface area (Å²) in [5.41, 5.74) is 9.25. The molecular weight excluding hydrogens is 685 g/mol. The summed E-state index contributed by atoms with van der Waals surface area (Å²) in [6, 6.07) is 57.6. The van der Waals surface area contributed by atoms with E-state index < -0.39 is 0 Å². The molecule has 1 aliphatic carbocycles. The van der Waals surface area contributed by atoms with Crippen LogP contribution in [0.4, 0.5) is 0 Å². The Morgan fingerprint density at radius 2 is 0.768 bits per heavy atom. The zero-order valence-corrected chi connectivity index (χ0v) is 31.1. The second-order valence-electron chi connectivity index (χ2n) is 14.6. The highest BCUT2D eigenvalue weighted by Gasteiger charge is 2.25. The fourth-order valence-electron chi connectivity index (χ4n) is 8.39. The van der Waals surface area contributed by atoms with E-state index in [-0.39, 0.29) is 23.6 Å². The molecule has 0 spiro atoms. The molecule has 1 saturated carbocycles. The highest BCUT2D eigenvalue weighted by atomic mass is 16.3. The molecule has 1 aliphatic rings. The van der Waals surface area contributed by atoms with Crippen LogP contribution in [0.3, 0.4) is 0 Å². The van der Waals surface area contributed by atoms with Gasteiger partial charge in [0.05, 0.1) is 12.1 Å². The summed E-state index contributed by atoms with van der Waals surface area (Å²) in [4.78, 5) is 10.3. The summed E-state index contributed by atoms with van der Waals surface area (Å²) in [6.07, 6.45) is 7.62. The molecule has 272 valence electrons. The maximum Gasteiger partial charge on any atom is 0.132 e. The molecule has 4 heteroatoms. The first-order valence-electron chi connectivity index (χ1n) is 19.5. The lowest BCUT2D eigenvalue weighted by atomic mass is 9.89. The van der Waals surface area contributed by atoms with Crippen molar-refractivity contribution in [2.24, 2.45) is 9.98 Å². The van der Waals surface area contributed by atoms with Gasteiger partial charge in [0.25, 0.3) is 0 Å². The first kappa shape index (κ1) is 35.0. The van der Waals surface area contributed by atoms with E-state index >= 15 is 0 Å². The molecule has 2 atom stereocenters. The van der Waals surface area contributed by atoms with Crippen molar-refractivity contribution in [1.82, 2.24) is 0 Å². The predicted molar refractivity (Wildman–Crippen MR) is 234 cm³/mol. The van der Waals surface area contributed by atoms with Gasteiger partial charge < -0.3 is 10.2 Å². The lowest BCUT2D eigenvalue weighted by Crippen LogP contribution is -2.27. The van der Waals surface area contributed by atoms with Crippen molar-refractivity contribution in [3.63, 3.8) is 0 Å². The first-order valence-corrected chi connectivity index (χ1v) is 19.5. The van der Waals surface area contributed by atoms with Crippen LogP contribution in [0.5, 0.6) is 11.5 Å². The number of aromatic hydroxyl groups is 2. The van der Waals surface area contributed by atoms with Gasteiger partial charge in [-0.2, -0.15) is 0 Å². The van der Waals surface area contributed by atoms with Crippen LogP contribution in [-0.4, -0.2) is 34.7 Å². The van der Waals surface area contributed by atoms with Crippen molar-refractivity contribution in [3.8, 4) is 56.0 Å². The fourth-order valence-corrected chi connectivity index (χ4v) is 8.39. The third-order valence-corrected chi connectivity index (χ3v) is 11.2. The minimum atomic E-state index is -0.0631. The Morgan fingerprint density at radius 3 is 1.20 bits per heavy atom. The van der Waals surface area contributed by atoms with Gasteiger partial charge in [0.1, 0.15) is 11.5 Å². The lowest BCUT2D eigenvalue weighted by Gasteiger charge is -2.25. The van der Waals surface area contributed by atoms with Gasteiger partial charge in [0, 0.05) is 34.7 Å². The zero-order valence-electron chi connectivity index (χ0n) is 31.1. The van der Waals surface area contributed by atoms with Gasteiger partial charge in [-0.1, -0.05) is 171 Å². The van der Waals surface area contributed by atoms with Gasteiger partial charge in [-0.25, -0.2) is 0 Å². The van der Waals surface area contributed by atoms with E-state index in [0.29, 0.717) is 11.1 Å². The van der Waals surface area contributed by atoms with Crippen LogP contribution in [0.1, 0.15) is 36.8 Å². The fraction of sp³-hybridized carbons (Fsp3) is 0.115. The van der Waals surface area contributed by atoms with Crippen LogP contribution in [0.2, 0.25) is 0 Å². The maximum atomic E-state index is 12.0. The molecule has 4 nitrogen and oxygen atoms in total. The van der Waals surface area contributed by atoms with Gasteiger partial charge in [-0.15, -0.1) is 0 Å². The maximum absolute atomic E-state index is 12.0. The molecule has 0 unspecified atom stereocenters. The average Bonchev–Trinajstić information content (AvgIpc) is 3.26. The second-order valence-corrected chi connectivity index (χ2v) is 14.6. The van der Waals surface area contributed by atoms with Crippen molar-refractivity contribution in [2.45, 2.75) is 37.8 Å². The number of hydrogen-bond acceptors (Lipinski definition) is 4. The summed E-state index contributed by atoms with van der Waals surface area (Å²) in [5.74, 6) is 0.437. The summed E-state index contributed by atoms with van der Waals surface area (Å²) >= 11 is 0. The number of benzene rings is 8. The monoisotopic (exact) mass is 726 g/mol. The van der Waals surface area contributed by atoms with Crippen LogP contribution in [0, 0.1) is 0 Å². The normalized spacial score (nSPS) is 15.9. The van der Waals surface area contributed by atoms with Gasteiger partial charge in [-0.05, 0) is 79.9 Å². The lowest BCUT2D eigenvalue weighted by molar-refractivity contribution is 0.390. The Labute approximate surface area is 327 Å². The molecule has 8 aromatic carbocycles. The van der Waals surface area contributed by atoms with Gasteiger partial charge in [-0.3, -0.25) is 9.98 Å². The Bertz CT molecular complexity index is 2550. The van der Waals surface area contributed by atoms with Crippen molar-refractivity contribution in [1.29, 1.82) is 0 Å². The van der Waals surface area contributed by atoms with Crippen LogP contribution in [0.15, 0.2) is 180 Å². The van der Waals surface area contributed by atoms with Crippen molar-refractivity contribution in [3.05, 3.63) is 181 Å². The smallest absolute Gasteiger partial charge is 0.132 e. The summed E-state index contributed by atoms with van der Waals surface area (Å²) in [7, 11) is 0. The Hall–Kier alpha value is -6.78. The third-order valence-electron chi connectivity index (χ3n) is 11.2. The van der Waals surface area contributed by atoms with E-state index in [9.17, 15) is 10.2 Å². The minimum absolute atomic E-state index is 0.0631. The molecule has 56 heavy (non-hydrogen) atoms. The van der Waals surface area contributed by atoms with Gasteiger partial charge in [0.15, 0.2) is 0 Å². The van der Waals surface area contributed by atoms with E-state index in [2.05, 4.69) is 72.8 Å².